The quantitative estimate of drug-likeness (QED) is 0.824. The summed E-state index contributed by atoms with van der Waals surface area (Å²) in [5.74, 6) is 0. The molecule has 1 aromatic heterocycles. The first-order valence-corrected chi connectivity index (χ1v) is 10.2. The smallest absolute Gasteiger partial charge is 0.260 e. The molecule has 3 heterocycles. The van der Waals surface area contributed by atoms with Gasteiger partial charge in [-0.3, -0.25) is 9.69 Å². The summed E-state index contributed by atoms with van der Waals surface area (Å²) < 4.78 is 1.53. The van der Waals surface area contributed by atoms with Gasteiger partial charge in [-0.1, -0.05) is 6.42 Å². The number of hydrogen-bond acceptors (Lipinski definition) is 5. The van der Waals surface area contributed by atoms with Crippen LogP contribution in [0.2, 0.25) is 0 Å². The number of nitrogens with zero attached hydrogens (tertiary/aromatic N) is 5. The molecule has 6 nitrogen and oxygen atoms in total. The Morgan fingerprint density at radius 2 is 1.89 bits per heavy atom. The second kappa shape index (κ2) is 7.98. The molecule has 0 saturated carbocycles. The molecule has 2 fully saturated rings. The van der Waals surface area contributed by atoms with Crippen LogP contribution in [0.25, 0.3) is 10.9 Å². The van der Waals surface area contributed by atoms with Gasteiger partial charge in [0.05, 0.1) is 17.2 Å². The van der Waals surface area contributed by atoms with Gasteiger partial charge in [-0.2, -0.15) is 0 Å². The van der Waals surface area contributed by atoms with E-state index < -0.39 is 0 Å². The summed E-state index contributed by atoms with van der Waals surface area (Å²) in [6.07, 6.45) is 7.01. The van der Waals surface area contributed by atoms with Crippen molar-refractivity contribution >= 4 is 16.6 Å². The molecular weight excluding hydrogens is 338 g/mol. The summed E-state index contributed by atoms with van der Waals surface area (Å²) >= 11 is 0. The summed E-state index contributed by atoms with van der Waals surface area (Å²) in [4.78, 5) is 24.2. The van der Waals surface area contributed by atoms with Crippen molar-refractivity contribution in [2.24, 2.45) is 7.05 Å². The predicted octanol–water partition coefficient (Wildman–Crippen LogP) is 1.93. The lowest BCUT2D eigenvalue weighted by Gasteiger charge is -2.38. The SMILES string of the molecule is CN1CCCCC1CCN1CCN(c2ccc3c(=O)n(C)cnc3c2)CC1. The number of anilines is 1. The molecule has 2 saturated heterocycles. The molecule has 2 aliphatic heterocycles. The van der Waals surface area contributed by atoms with Crippen LogP contribution < -0.4 is 10.5 Å². The first-order chi connectivity index (χ1) is 13.1. The first kappa shape index (κ1) is 18.4. The van der Waals surface area contributed by atoms with Crippen molar-refractivity contribution in [3.63, 3.8) is 0 Å². The summed E-state index contributed by atoms with van der Waals surface area (Å²) in [5, 5.41) is 0.694. The van der Waals surface area contributed by atoms with E-state index in [0.717, 1.165) is 37.7 Å². The van der Waals surface area contributed by atoms with Crippen molar-refractivity contribution in [2.75, 3.05) is 51.2 Å². The third-order valence-electron chi connectivity index (χ3n) is 6.34. The maximum atomic E-state index is 12.2. The van der Waals surface area contributed by atoms with Gasteiger partial charge in [-0.25, -0.2) is 4.98 Å². The van der Waals surface area contributed by atoms with Gasteiger partial charge in [-0.15, -0.1) is 0 Å². The van der Waals surface area contributed by atoms with Crippen molar-refractivity contribution < 1.29 is 0 Å². The van der Waals surface area contributed by atoms with Crippen LogP contribution in [0.3, 0.4) is 0 Å². The highest BCUT2D eigenvalue weighted by Gasteiger charge is 2.22. The Labute approximate surface area is 161 Å². The van der Waals surface area contributed by atoms with Gasteiger partial charge in [0.1, 0.15) is 0 Å². The molecule has 0 radical (unpaired) electrons. The molecule has 1 aromatic carbocycles. The zero-order chi connectivity index (χ0) is 18.8. The van der Waals surface area contributed by atoms with Gasteiger partial charge in [-0.05, 0) is 57.6 Å². The minimum absolute atomic E-state index is 0.0176. The minimum atomic E-state index is 0.0176. The van der Waals surface area contributed by atoms with E-state index in [-0.39, 0.29) is 5.56 Å². The molecule has 0 amide bonds. The third kappa shape index (κ3) is 4.01. The van der Waals surface area contributed by atoms with Crippen molar-refractivity contribution in [1.29, 1.82) is 0 Å². The number of benzene rings is 1. The highest BCUT2D eigenvalue weighted by Crippen LogP contribution is 2.22. The Kier molecular flexibility index (Phi) is 5.45. The van der Waals surface area contributed by atoms with E-state index in [0.29, 0.717) is 5.39 Å². The van der Waals surface area contributed by atoms with Gasteiger partial charge < -0.3 is 14.4 Å². The van der Waals surface area contributed by atoms with Crippen LogP contribution in [0.5, 0.6) is 0 Å². The number of piperidine rings is 1. The molecule has 1 atom stereocenters. The van der Waals surface area contributed by atoms with Crippen LogP contribution in [-0.4, -0.2) is 71.7 Å². The molecular formula is C21H31N5O. The Balaban J connectivity index is 1.34. The molecule has 6 heteroatoms. The molecule has 1 unspecified atom stereocenters. The Bertz CT molecular complexity index is 840. The molecule has 146 valence electrons. The van der Waals surface area contributed by atoms with Crippen LogP contribution >= 0.6 is 0 Å². The number of aryl methyl sites for hydroxylation is 1. The number of likely N-dealkylation sites (tertiary alicyclic amines) is 1. The van der Waals surface area contributed by atoms with E-state index in [2.05, 4.69) is 38.9 Å². The summed E-state index contributed by atoms with van der Waals surface area (Å²) in [7, 11) is 4.02. The van der Waals surface area contributed by atoms with E-state index in [4.69, 9.17) is 0 Å². The van der Waals surface area contributed by atoms with Gasteiger partial charge in [0.15, 0.2) is 0 Å². The van der Waals surface area contributed by atoms with Gasteiger partial charge >= 0.3 is 0 Å². The maximum Gasteiger partial charge on any atom is 0.260 e. The van der Waals surface area contributed by atoms with Crippen molar-refractivity contribution in [3.8, 4) is 0 Å². The highest BCUT2D eigenvalue weighted by atomic mass is 16.1. The lowest BCUT2D eigenvalue weighted by atomic mass is 10.00. The monoisotopic (exact) mass is 369 g/mol. The van der Waals surface area contributed by atoms with E-state index in [9.17, 15) is 4.79 Å². The Hall–Kier alpha value is -1.92. The molecule has 0 N–H and O–H groups in total. The number of piperazine rings is 1. The number of fused-ring (bicyclic) bond motifs is 1. The van der Waals surface area contributed by atoms with E-state index in [1.165, 1.54) is 49.0 Å². The number of hydrogen-bond donors (Lipinski definition) is 0. The molecule has 0 aliphatic carbocycles. The average Bonchev–Trinajstić information content (AvgIpc) is 2.70. The fourth-order valence-electron chi connectivity index (χ4n) is 4.47. The van der Waals surface area contributed by atoms with E-state index in [1.807, 2.05) is 6.07 Å². The van der Waals surface area contributed by atoms with Crippen molar-refractivity contribution in [3.05, 3.63) is 34.9 Å². The van der Waals surface area contributed by atoms with Crippen LogP contribution in [0, 0.1) is 0 Å². The Morgan fingerprint density at radius 3 is 2.67 bits per heavy atom. The first-order valence-electron chi connectivity index (χ1n) is 10.2. The van der Waals surface area contributed by atoms with Crippen molar-refractivity contribution in [1.82, 2.24) is 19.4 Å². The lowest BCUT2D eigenvalue weighted by Crippen LogP contribution is -2.48. The van der Waals surface area contributed by atoms with Crippen LogP contribution in [-0.2, 0) is 7.05 Å². The standard InChI is InChI=1S/C21H31N5O/c1-23-9-4-3-5-17(23)8-10-25-11-13-26(14-12-25)18-6-7-19-20(15-18)22-16-24(2)21(19)27/h6-7,15-17H,3-5,8-14H2,1-2H3. The lowest BCUT2D eigenvalue weighted by molar-refractivity contribution is 0.151. The number of aromatic nitrogens is 2. The van der Waals surface area contributed by atoms with Gasteiger partial charge in [0.2, 0.25) is 0 Å². The second-order valence-corrected chi connectivity index (χ2v) is 8.11. The van der Waals surface area contributed by atoms with Crippen LogP contribution in [0.1, 0.15) is 25.7 Å². The fourth-order valence-corrected chi connectivity index (χ4v) is 4.47. The van der Waals surface area contributed by atoms with Crippen molar-refractivity contribution in [2.45, 2.75) is 31.7 Å². The normalized spacial score (nSPS) is 22.4. The highest BCUT2D eigenvalue weighted by molar-refractivity contribution is 5.81. The average molecular weight is 370 g/mol. The minimum Gasteiger partial charge on any atom is -0.369 e. The maximum absolute atomic E-state index is 12.2. The zero-order valence-electron chi connectivity index (χ0n) is 16.6. The van der Waals surface area contributed by atoms with Crippen LogP contribution in [0.15, 0.2) is 29.3 Å². The summed E-state index contributed by atoms with van der Waals surface area (Å²) in [5.41, 5.74) is 1.98. The second-order valence-electron chi connectivity index (χ2n) is 8.11. The third-order valence-corrected chi connectivity index (χ3v) is 6.34. The number of rotatable bonds is 4. The van der Waals surface area contributed by atoms with Gasteiger partial charge in [0, 0.05) is 45.0 Å². The predicted molar refractivity (Wildman–Crippen MR) is 111 cm³/mol. The molecule has 27 heavy (non-hydrogen) atoms. The summed E-state index contributed by atoms with van der Waals surface area (Å²) in [6, 6.07) is 6.82. The fraction of sp³-hybridized carbons (Fsp3) is 0.619. The van der Waals surface area contributed by atoms with Gasteiger partial charge in [0.25, 0.3) is 5.56 Å². The molecule has 4 rings (SSSR count). The molecule has 2 aromatic rings. The van der Waals surface area contributed by atoms with E-state index >= 15 is 0 Å². The molecule has 0 spiro atoms. The Morgan fingerprint density at radius 1 is 1.07 bits per heavy atom. The summed E-state index contributed by atoms with van der Waals surface area (Å²) in [6.45, 7) is 6.76. The topological polar surface area (TPSA) is 44.6 Å². The largest absolute Gasteiger partial charge is 0.369 e. The van der Waals surface area contributed by atoms with E-state index in [1.54, 1.807) is 13.4 Å². The molecule has 2 aliphatic rings. The molecule has 0 bridgehead atoms. The zero-order valence-corrected chi connectivity index (χ0v) is 16.6. The van der Waals surface area contributed by atoms with Crippen LogP contribution in [0.4, 0.5) is 5.69 Å².